The van der Waals surface area contributed by atoms with E-state index in [0.717, 1.165) is 18.8 Å². The Balaban J connectivity index is 1.56. The lowest BCUT2D eigenvalue weighted by Gasteiger charge is -2.29. The maximum atomic E-state index is 12.7. The number of hydrogen-bond acceptors (Lipinski definition) is 6. The second-order valence-corrected chi connectivity index (χ2v) is 7.74. The fourth-order valence-corrected chi connectivity index (χ4v) is 4.06. The summed E-state index contributed by atoms with van der Waals surface area (Å²) in [5, 5.41) is 0. The van der Waals surface area contributed by atoms with Crippen LogP contribution >= 0.6 is 0 Å². The van der Waals surface area contributed by atoms with Crippen LogP contribution in [0.15, 0.2) is 47.4 Å². The monoisotopic (exact) mass is 376 g/mol. The number of benzene rings is 2. The summed E-state index contributed by atoms with van der Waals surface area (Å²) >= 11 is 0. The molecule has 2 aliphatic rings. The highest BCUT2D eigenvalue weighted by Crippen LogP contribution is 2.33. The Morgan fingerprint density at radius 1 is 0.885 bits per heavy atom. The van der Waals surface area contributed by atoms with Crippen LogP contribution in [0.4, 0.5) is 11.4 Å². The van der Waals surface area contributed by atoms with E-state index in [-0.39, 0.29) is 4.90 Å². The molecule has 0 amide bonds. The Labute approximate surface area is 152 Å². The van der Waals surface area contributed by atoms with Gasteiger partial charge in [0.1, 0.15) is 13.2 Å². The van der Waals surface area contributed by atoms with E-state index in [1.54, 1.807) is 12.1 Å². The Morgan fingerprint density at radius 2 is 1.65 bits per heavy atom. The van der Waals surface area contributed by atoms with Crippen LogP contribution in [0.3, 0.4) is 0 Å². The first-order valence-corrected chi connectivity index (χ1v) is 9.95. The smallest absolute Gasteiger partial charge is 0.262 e. The van der Waals surface area contributed by atoms with Crippen molar-refractivity contribution in [2.45, 2.75) is 4.90 Å². The van der Waals surface area contributed by atoms with Crippen molar-refractivity contribution in [1.82, 2.24) is 0 Å². The van der Waals surface area contributed by atoms with Crippen LogP contribution in [0.2, 0.25) is 0 Å². The molecule has 0 spiro atoms. The third-order valence-corrected chi connectivity index (χ3v) is 5.68. The van der Waals surface area contributed by atoms with Crippen molar-refractivity contribution in [3.05, 3.63) is 42.5 Å². The van der Waals surface area contributed by atoms with Gasteiger partial charge in [-0.05, 0) is 30.3 Å². The molecule has 1 saturated heterocycles. The van der Waals surface area contributed by atoms with E-state index < -0.39 is 10.0 Å². The van der Waals surface area contributed by atoms with Crippen LogP contribution in [-0.2, 0) is 14.8 Å². The van der Waals surface area contributed by atoms with E-state index in [9.17, 15) is 8.42 Å². The van der Waals surface area contributed by atoms with Crippen LogP contribution in [0.1, 0.15) is 0 Å². The lowest BCUT2D eigenvalue weighted by Crippen LogP contribution is -2.36. The van der Waals surface area contributed by atoms with Crippen molar-refractivity contribution in [2.75, 3.05) is 49.1 Å². The SMILES string of the molecule is O=S(=O)(Nc1cccc(N2CCOCC2)c1)c1ccc2c(c1)OCCO2. The highest BCUT2D eigenvalue weighted by molar-refractivity contribution is 7.92. The van der Waals surface area contributed by atoms with Gasteiger partial charge < -0.3 is 19.1 Å². The Morgan fingerprint density at radius 3 is 2.46 bits per heavy atom. The van der Waals surface area contributed by atoms with Crippen LogP contribution < -0.4 is 19.1 Å². The zero-order valence-electron chi connectivity index (χ0n) is 14.2. The average Bonchev–Trinajstić information content (AvgIpc) is 2.68. The van der Waals surface area contributed by atoms with Gasteiger partial charge in [-0.3, -0.25) is 4.72 Å². The normalized spacial score (nSPS) is 17.0. The number of morpholine rings is 1. The Kier molecular flexibility index (Phi) is 4.60. The quantitative estimate of drug-likeness (QED) is 0.881. The molecule has 8 heteroatoms. The first-order chi connectivity index (χ1) is 12.6. The van der Waals surface area contributed by atoms with Gasteiger partial charge >= 0.3 is 0 Å². The molecule has 0 saturated carbocycles. The van der Waals surface area contributed by atoms with Gasteiger partial charge in [-0.15, -0.1) is 0 Å². The number of nitrogens with zero attached hydrogens (tertiary/aromatic N) is 1. The van der Waals surface area contributed by atoms with E-state index >= 15 is 0 Å². The molecule has 2 aliphatic heterocycles. The highest BCUT2D eigenvalue weighted by Gasteiger charge is 2.20. The first-order valence-electron chi connectivity index (χ1n) is 8.47. The van der Waals surface area contributed by atoms with Gasteiger partial charge in [-0.1, -0.05) is 6.07 Å². The molecule has 1 N–H and O–H groups in total. The van der Waals surface area contributed by atoms with Gasteiger partial charge in [0, 0.05) is 24.8 Å². The van der Waals surface area contributed by atoms with Gasteiger partial charge in [0.2, 0.25) is 0 Å². The molecule has 0 radical (unpaired) electrons. The minimum Gasteiger partial charge on any atom is -0.486 e. The van der Waals surface area contributed by atoms with Crippen molar-refractivity contribution in [3.8, 4) is 11.5 Å². The minimum atomic E-state index is -3.72. The van der Waals surface area contributed by atoms with E-state index in [4.69, 9.17) is 14.2 Å². The molecule has 1 fully saturated rings. The zero-order valence-corrected chi connectivity index (χ0v) is 15.0. The van der Waals surface area contributed by atoms with Crippen LogP contribution in [0.25, 0.3) is 0 Å². The molecule has 2 heterocycles. The molecule has 0 aliphatic carbocycles. The summed E-state index contributed by atoms with van der Waals surface area (Å²) in [4.78, 5) is 2.31. The van der Waals surface area contributed by atoms with Crippen LogP contribution in [-0.4, -0.2) is 47.9 Å². The molecule has 0 atom stereocenters. The topological polar surface area (TPSA) is 77.1 Å². The van der Waals surface area contributed by atoms with E-state index in [2.05, 4.69) is 9.62 Å². The van der Waals surface area contributed by atoms with Gasteiger partial charge in [0.05, 0.1) is 23.8 Å². The standard InChI is InChI=1S/C18H20N2O5S/c21-26(22,16-4-5-17-18(13-16)25-11-10-24-17)19-14-2-1-3-15(12-14)20-6-8-23-9-7-20/h1-5,12-13,19H,6-11H2. The van der Waals surface area contributed by atoms with Crippen LogP contribution in [0, 0.1) is 0 Å². The molecule has 7 nitrogen and oxygen atoms in total. The van der Waals surface area contributed by atoms with Crippen molar-refractivity contribution < 1.29 is 22.6 Å². The van der Waals surface area contributed by atoms with Crippen molar-refractivity contribution in [1.29, 1.82) is 0 Å². The lowest BCUT2D eigenvalue weighted by molar-refractivity contribution is 0.122. The number of anilines is 2. The van der Waals surface area contributed by atoms with Crippen molar-refractivity contribution in [3.63, 3.8) is 0 Å². The summed E-state index contributed by atoms with van der Waals surface area (Å²) in [5.74, 6) is 1.01. The minimum absolute atomic E-state index is 0.138. The summed E-state index contributed by atoms with van der Waals surface area (Å²) in [5.41, 5.74) is 1.49. The van der Waals surface area contributed by atoms with Gasteiger partial charge in [0.25, 0.3) is 10.0 Å². The van der Waals surface area contributed by atoms with E-state index in [0.29, 0.717) is 43.6 Å². The maximum absolute atomic E-state index is 12.7. The second kappa shape index (κ2) is 7.05. The summed E-state index contributed by atoms with van der Waals surface area (Å²) < 4.78 is 44.4. The summed E-state index contributed by atoms with van der Waals surface area (Å²) in [7, 11) is -3.72. The number of sulfonamides is 1. The number of rotatable bonds is 4. The zero-order chi connectivity index (χ0) is 18.0. The van der Waals surface area contributed by atoms with Crippen molar-refractivity contribution >= 4 is 21.4 Å². The maximum Gasteiger partial charge on any atom is 0.262 e. The average molecular weight is 376 g/mol. The number of fused-ring (bicyclic) bond motifs is 1. The summed E-state index contributed by atoms with van der Waals surface area (Å²) in [6.45, 7) is 3.80. The van der Waals surface area contributed by atoms with E-state index in [1.807, 2.05) is 18.2 Å². The molecular formula is C18H20N2O5S. The predicted molar refractivity (Wildman–Crippen MR) is 97.7 cm³/mol. The Hall–Kier alpha value is -2.45. The fraction of sp³-hybridized carbons (Fsp3) is 0.333. The largest absolute Gasteiger partial charge is 0.486 e. The molecule has 2 aromatic rings. The molecule has 138 valence electrons. The third kappa shape index (κ3) is 3.56. The third-order valence-electron chi connectivity index (χ3n) is 4.30. The molecule has 4 rings (SSSR count). The molecular weight excluding hydrogens is 356 g/mol. The molecule has 2 aromatic carbocycles. The molecule has 0 aromatic heterocycles. The van der Waals surface area contributed by atoms with Crippen LogP contribution in [0.5, 0.6) is 11.5 Å². The van der Waals surface area contributed by atoms with E-state index in [1.165, 1.54) is 12.1 Å². The summed E-state index contributed by atoms with van der Waals surface area (Å²) in [6, 6.07) is 12.0. The van der Waals surface area contributed by atoms with Gasteiger partial charge in [-0.25, -0.2) is 8.42 Å². The second-order valence-electron chi connectivity index (χ2n) is 6.06. The summed E-state index contributed by atoms with van der Waals surface area (Å²) in [6.07, 6.45) is 0. The Bertz CT molecular complexity index is 894. The number of nitrogens with one attached hydrogen (secondary N) is 1. The molecule has 0 unspecified atom stereocenters. The first kappa shape index (κ1) is 17.0. The van der Waals surface area contributed by atoms with Crippen molar-refractivity contribution in [2.24, 2.45) is 0 Å². The highest BCUT2D eigenvalue weighted by atomic mass is 32.2. The van der Waals surface area contributed by atoms with Gasteiger partial charge in [0.15, 0.2) is 11.5 Å². The molecule has 0 bridgehead atoms. The number of hydrogen-bond donors (Lipinski definition) is 1. The molecule has 26 heavy (non-hydrogen) atoms. The van der Waals surface area contributed by atoms with Gasteiger partial charge in [-0.2, -0.15) is 0 Å². The fourth-order valence-electron chi connectivity index (χ4n) is 2.99. The number of ether oxygens (including phenoxy) is 3. The lowest BCUT2D eigenvalue weighted by atomic mass is 10.2. The predicted octanol–water partition coefficient (Wildman–Crippen LogP) is 2.10.